The van der Waals surface area contributed by atoms with Gasteiger partial charge in [-0.1, -0.05) is 24.3 Å². The summed E-state index contributed by atoms with van der Waals surface area (Å²) in [5, 5.41) is 3.72. The molecule has 4 aromatic rings. The van der Waals surface area contributed by atoms with Gasteiger partial charge in [0.1, 0.15) is 11.3 Å². The number of hydrogen-bond acceptors (Lipinski definition) is 5. The van der Waals surface area contributed by atoms with E-state index in [0.29, 0.717) is 22.2 Å². The van der Waals surface area contributed by atoms with E-state index in [0.717, 1.165) is 0 Å². The Bertz CT molecular complexity index is 1350. The second-order valence-corrected chi connectivity index (χ2v) is 6.17. The molecule has 2 heterocycles. The third kappa shape index (κ3) is 3.48. The van der Waals surface area contributed by atoms with E-state index in [9.17, 15) is 22.8 Å². The summed E-state index contributed by atoms with van der Waals surface area (Å²) in [6, 6.07) is 10.7. The van der Waals surface area contributed by atoms with Crippen LogP contribution in [0.5, 0.6) is 11.5 Å². The van der Waals surface area contributed by atoms with Gasteiger partial charge in [-0.05, 0) is 12.1 Å². The van der Waals surface area contributed by atoms with Crippen LogP contribution < -0.4 is 21.3 Å². The number of carbonyl (C=O) groups excluding carboxylic acids is 1. The van der Waals surface area contributed by atoms with Crippen LogP contribution in [0, 0.1) is 0 Å². The van der Waals surface area contributed by atoms with Gasteiger partial charge in [-0.15, -0.1) is 0 Å². The molecule has 30 heavy (non-hydrogen) atoms. The number of primary amides is 1. The SMILES string of the molecule is NC(=O)Nc1ccc(Oc2ccnc3nc(C(F)(F)F)c(=O)[nH]c23)c2ccccc12. The number of H-pyrrole nitrogens is 1. The van der Waals surface area contributed by atoms with Crippen molar-refractivity contribution in [3.05, 3.63) is 64.7 Å². The van der Waals surface area contributed by atoms with Crippen LogP contribution in [0.15, 0.2) is 53.5 Å². The van der Waals surface area contributed by atoms with Gasteiger partial charge in [-0.25, -0.2) is 14.8 Å². The van der Waals surface area contributed by atoms with Gasteiger partial charge in [0.15, 0.2) is 11.4 Å². The van der Waals surface area contributed by atoms with Crippen LogP contribution in [0.25, 0.3) is 21.9 Å². The summed E-state index contributed by atoms with van der Waals surface area (Å²) < 4.78 is 44.7. The second-order valence-electron chi connectivity index (χ2n) is 6.17. The molecule has 4 rings (SSSR count). The number of halogens is 3. The first-order chi connectivity index (χ1) is 14.2. The number of amides is 2. The summed E-state index contributed by atoms with van der Waals surface area (Å²) in [5.74, 6) is 0.382. The largest absolute Gasteiger partial charge is 0.454 e. The summed E-state index contributed by atoms with van der Waals surface area (Å²) in [6.07, 6.45) is -3.70. The van der Waals surface area contributed by atoms with Crippen LogP contribution in [0.1, 0.15) is 5.69 Å². The van der Waals surface area contributed by atoms with Crippen LogP contribution in [-0.2, 0) is 6.18 Å². The van der Waals surface area contributed by atoms with Crippen molar-refractivity contribution in [2.24, 2.45) is 5.73 Å². The van der Waals surface area contributed by atoms with Gasteiger partial charge < -0.3 is 20.8 Å². The Morgan fingerprint density at radius 3 is 2.50 bits per heavy atom. The molecule has 0 unspecified atom stereocenters. The molecule has 0 bridgehead atoms. The lowest BCUT2D eigenvalue weighted by Gasteiger charge is -2.13. The van der Waals surface area contributed by atoms with E-state index in [1.54, 1.807) is 36.4 Å². The van der Waals surface area contributed by atoms with Crippen molar-refractivity contribution in [2.45, 2.75) is 6.18 Å². The highest BCUT2D eigenvalue weighted by molar-refractivity contribution is 6.03. The molecule has 0 saturated carbocycles. The van der Waals surface area contributed by atoms with Gasteiger partial charge in [0.05, 0.1) is 5.69 Å². The topological polar surface area (TPSA) is 123 Å². The molecule has 2 amide bonds. The number of aromatic nitrogens is 3. The summed E-state index contributed by atoms with van der Waals surface area (Å²) in [4.78, 5) is 32.3. The van der Waals surface area contributed by atoms with Gasteiger partial charge in [0, 0.05) is 23.0 Å². The number of fused-ring (bicyclic) bond motifs is 2. The van der Waals surface area contributed by atoms with Crippen LogP contribution in [-0.4, -0.2) is 21.0 Å². The number of pyridine rings is 1. The fourth-order valence-electron chi connectivity index (χ4n) is 2.96. The average Bonchev–Trinajstić information content (AvgIpc) is 2.68. The van der Waals surface area contributed by atoms with Crippen molar-refractivity contribution >= 4 is 33.7 Å². The lowest BCUT2D eigenvalue weighted by Crippen LogP contribution is -2.24. The van der Waals surface area contributed by atoms with E-state index in [2.05, 4.69) is 20.3 Å². The minimum atomic E-state index is -4.92. The Morgan fingerprint density at radius 2 is 1.80 bits per heavy atom. The minimum absolute atomic E-state index is 0.0547. The smallest absolute Gasteiger partial charge is 0.438 e. The molecule has 152 valence electrons. The molecule has 0 atom stereocenters. The predicted octanol–water partition coefficient (Wildman–Crippen LogP) is 3.77. The number of rotatable bonds is 3. The molecule has 0 aliphatic heterocycles. The molecule has 0 spiro atoms. The monoisotopic (exact) mass is 415 g/mol. The maximum absolute atomic E-state index is 12.9. The molecule has 11 heteroatoms. The maximum Gasteiger partial charge on any atom is 0.438 e. The van der Waals surface area contributed by atoms with Crippen LogP contribution in [0.2, 0.25) is 0 Å². The number of ether oxygens (including phenoxy) is 1. The minimum Gasteiger partial charge on any atom is -0.454 e. The number of nitrogens with two attached hydrogens (primary N) is 1. The number of hydrogen-bond donors (Lipinski definition) is 3. The number of nitrogens with zero attached hydrogens (tertiary/aromatic N) is 2. The summed E-state index contributed by atoms with van der Waals surface area (Å²) in [7, 11) is 0. The maximum atomic E-state index is 12.9. The Morgan fingerprint density at radius 1 is 1.07 bits per heavy atom. The summed E-state index contributed by atoms with van der Waals surface area (Å²) >= 11 is 0. The molecule has 0 aliphatic rings. The van der Waals surface area contributed by atoms with E-state index in [1.807, 2.05) is 0 Å². The Hall–Kier alpha value is -4.15. The van der Waals surface area contributed by atoms with Gasteiger partial charge in [0.25, 0.3) is 5.56 Å². The predicted molar refractivity (Wildman–Crippen MR) is 102 cm³/mol. The molecule has 2 aromatic carbocycles. The zero-order chi connectivity index (χ0) is 21.5. The Balaban J connectivity index is 1.84. The number of carbonyl (C=O) groups is 1. The molecule has 0 fully saturated rings. The lowest BCUT2D eigenvalue weighted by atomic mass is 10.1. The normalized spacial score (nSPS) is 11.6. The van der Waals surface area contributed by atoms with Crippen LogP contribution in [0.4, 0.5) is 23.7 Å². The van der Waals surface area contributed by atoms with Crippen molar-refractivity contribution in [3.8, 4) is 11.5 Å². The Kier molecular flexibility index (Phi) is 4.49. The molecule has 0 saturated heterocycles. The van der Waals surface area contributed by atoms with E-state index < -0.39 is 23.5 Å². The number of benzene rings is 2. The van der Waals surface area contributed by atoms with E-state index in [4.69, 9.17) is 10.5 Å². The molecule has 4 N–H and O–H groups in total. The fourth-order valence-corrected chi connectivity index (χ4v) is 2.96. The lowest BCUT2D eigenvalue weighted by molar-refractivity contribution is -0.142. The quantitative estimate of drug-likeness (QED) is 0.470. The molecular formula is C19H12F3N5O3. The van der Waals surface area contributed by atoms with Crippen molar-refractivity contribution < 1.29 is 22.7 Å². The van der Waals surface area contributed by atoms with E-state index >= 15 is 0 Å². The molecule has 0 aliphatic carbocycles. The number of nitrogens with one attached hydrogen (secondary N) is 2. The number of urea groups is 1. The highest BCUT2D eigenvalue weighted by Gasteiger charge is 2.36. The van der Waals surface area contributed by atoms with Gasteiger partial charge in [0.2, 0.25) is 5.69 Å². The number of alkyl halides is 3. The zero-order valence-corrected chi connectivity index (χ0v) is 14.9. The first-order valence-corrected chi connectivity index (χ1v) is 8.46. The fraction of sp³-hybridized carbons (Fsp3) is 0.0526. The third-order valence-corrected chi connectivity index (χ3v) is 4.19. The first kappa shape index (κ1) is 19.2. The van der Waals surface area contributed by atoms with Gasteiger partial charge >= 0.3 is 12.2 Å². The number of aromatic amines is 1. The Labute approximate surface area is 165 Å². The van der Waals surface area contributed by atoms with Gasteiger partial charge in [-0.2, -0.15) is 13.2 Å². The summed E-state index contributed by atoms with van der Waals surface area (Å²) in [5.41, 5.74) is 2.24. The molecular weight excluding hydrogens is 403 g/mol. The highest BCUT2D eigenvalue weighted by atomic mass is 19.4. The van der Waals surface area contributed by atoms with Crippen LogP contribution >= 0.6 is 0 Å². The number of anilines is 1. The summed E-state index contributed by atoms with van der Waals surface area (Å²) in [6.45, 7) is 0. The highest BCUT2D eigenvalue weighted by Crippen LogP contribution is 2.36. The van der Waals surface area contributed by atoms with Crippen molar-refractivity contribution in [2.75, 3.05) is 5.32 Å². The van der Waals surface area contributed by atoms with Crippen molar-refractivity contribution in [3.63, 3.8) is 0 Å². The first-order valence-electron chi connectivity index (χ1n) is 8.46. The molecule has 2 aromatic heterocycles. The van der Waals surface area contributed by atoms with E-state index in [-0.39, 0.29) is 16.9 Å². The van der Waals surface area contributed by atoms with Crippen LogP contribution in [0.3, 0.4) is 0 Å². The van der Waals surface area contributed by atoms with Crippen molar-refractivity contribution in [1.29, 1.82) is 0 Å². The zero-order valence-electron chi connectivity index (χ0n) is 14.9. The molecule has 8 nitrogen and oxygen atoms in total. The van der Waals surface area contributed by atoms with Crippen molar-refractivity contribution in [1.82, 2.24) is 15.0 Å². The third-order valence-electron chi connectivity index (χ3n) is 4.19. The second kappa shape index (κ2) is 7.03. The standard InChI is InChI=1S/C19H12F3N5O3/c20-19(21,22)15-17(28)26-14-13(7-8-24-16(14)27-15)30-12-6-5-11(25-18(23)29)9-3-1-2-4-10(9)12/h1-8H,(H,26,28)(H3,23,25,29). The average molecular weight is 415 g/mol. The molecule has 0 radical (unpaired) electrons. The van der Waals surface area contributed by atoms with Gasteiger partial charge in [-0.3, -0.25) is 4.79 Å². The van der Waals surface area contributed by atoms with E-state index in [1.165, 1.54) is 12.3 Å².